The minimum absolute atomic E-state index is 0.0149. The number of aliphatic hydroxyl groups excluding tert-OH is 3. The summed E-state index contributed by atoms with van der Waals surface area (Å²) in [5.41, 5.74) is 1.56. The van der Waals surface area contributed by atoms with E-state index in [9.17, 15) is 10.2 Å². The first-order valence-electron chi connectivity index (χ1n) is 8.96. The maximum atomic E-state index is 10.3. The highest BCUT2D eigenvalue weighted by molar-refractivity contribution is 5.29. The lowest BCUT2D eigenvalue weighted by Gasteiger charge is -2.35. The predicted octanol–water partition coefficient (Wildman–Crippen LogP) is 0.575. The first kappa shape index (κ1) is 18.7. The van der Waals surface area contributed by atoms with Gasteiger partial charge in [-0.2, -0.15) is 0 Å². The molecule has 1 fully saturated rings. The lowest BCUT2D eigenvalue weighted by Crippen LogP contribution is -2.49. The molecule has 0 unspecified atom stereocenters. The molecule has 7 nitrogen and oxygen atoms in total. The molecule has 1 aliphatic rings. The molecule has 1 aromatic carbocycles. The number of hydrogen-bond acceptors (Lipinski definition) is 7. The van der Waals surface area contributed by atoms with Crippen molar-refractivity contribution < 1.29 is 15.3 Å². The molecule has 1 saturated heterocycles. The van der Waals surface area contributed by atoms with Crippen LogP contribution in [0.4, 0.5) is 5.95 Å². The third kappa shape index (κ3) is 4.98. The molecule has 2 heterocycles. The Balaban J connectivity index is 1.44. The molecule has 3 rings (SSSR count). The fourth-order valence-electron chi connectivity index (χ4n) is 3.20. The van der Waals surface area contributed by atoms with Crippen LogP contribution in [-0.2, 0) is 6.61 Å². The second kappa shape index (κ2) is 9.05. The zero-order valence-electron chi connectivity index (χ0n) is 14.8. The number of nitrogens with zero attached hydrogens (tertiary/aromatic N) is 4. The highest BCUT2D eigenvalue weighted by Crippen LogP contribution is 2.20. The van der Waals surface area contributed by atoms with Crippen LogP contribution in [0, 0.1) is 0 Å². The van der Waals surface area contributed by atoms with Gasteiger partial charge in [0.05, 0.1) is 18.8 Å². The van der Waals surface area contributed by atoms with Crippen molar-refractivity contribution in [1.82, 2.24) is 14.9 Å². The highest BCUT2D eigenvalue weighted by atomic mass is 16.3. The van der Waals surface area contributed by atoms with E-state index >= 15 is 0 Å². The molecule has 2 atom stereocenters. The Labute approximate surface area is 153 Å². The molecule has 0 spiro atoms. The summed E-state index contributed by atoms with van der Waals surface area (Å²) in [5.74, 6) is 0.745. The van der Waals surface area contributed by atoms with E-state index in [0.717, 1.165) is 43.3 Å². The number of hydrogen-bond donors (Lipinski definition) is 3. The van der Waals surface area contributed by atoms with Crippen LogP contribution in [0.15, 0.2) is 42.7 Å². The maximum Gasteiger partial charge on any atom is 0.225 e. The number of benzene rings is 1. The van der Waals surface area contributed by atoms with Gasteiger partial charge in [-0.3, -0.25) is 4.90 Å². The van der Waals surface area contributed by atoms with Gasteiger partial charge in [-0.25, -0.2) is 9.97 Å². The van der Waals surface area contributed by atoms with Crippen molar-refractivity contribution in [2.24, 2.45) is 0 Å². The van der Waals surface area contributed by atoms with E-state index in [-0.39, 0.29) is 6.61 Å². The summed E-state index contributed by atoms with van der Waals surface area (Å²) >= 11 is 0. The van der Waals surface area contributed by atoms with Gasteiger partial charge in [-0.1, -0.05) is 24.3 Å². The van der Waals surface area contributed by atoms with E-state index in [4.69, 9.17) is 5.11 Å². The summed E-state index contributed by atoms with van der Waals surface area (Å²) in [6.45, 7) is 3.82. The topological polar surface area (TPSA) is 93.0 Å². The van der Waals surface area contributed by atoms with Crippen molar-refractivity contribution >= 4 is 5.95 Å². The smallest absolute Gasteiger partial charge is 0.225 e. The quantitative estimate of drug-likeness (QED) is 0.666. The fourth-order valence-corrected chi connectivity index (χ4v) is 3.20. The van der Waals surface area contributed by atoms with Crippen LogP contribution in [-0.4, -0.2) is 69.0 Å². The lowest BCUT2D eigenvalue weighted by atomic mass is 10.0. The average Bonchev–Trinajstić information content (AvgIpc) is 2.69. The van der Waals surface area contributed by atoms with Crippen molar-refractivity contribution in [2.45, 2.75) is 25.2 Å². The minimum Gasteiger partial charge on any atom is -0.392 e. The van der Waals surface area contributed by atoms with Gasteiger partial charge in [0.25, 0.3) is 0 Å². The lowest BCUT2D eigenvalue weighted by molar-refractivity contribution is 0.0521. The molecule has 0 bridgehead atoms. The van der Waals surface area contributed by atoms with Crippen LogP contribution in [0.3, 0.4) is 0 Å². The Morgan fingerprint density at radius 1 is 0.962 bits per heavy atom. The van der Waals surface area contributed by atoms with Crippen molar-refractivity contribution in [3.8, 4) is 0 Å². The van der Waals surface area contributed by atoms with Crippen molar-refractivity contribution in [1.29, 1.82) is 0 Å². The molecule has 1 aromatic heterocycles. The number of aliphatic hydroxyl groups is 3. The van der Waals surface area contributed by atoms with Crippen molar-refractivity contribution in [3.05, 3.63) is 53.9 Å². The predicted molar refractivity (Wildman–Crippen MR) is 98.6 cm³/mol. The Bertz CT molecular complexity index is 660. The molecular weight excluding hydrogens is 332 g/mol. The fraction of sp³-hybridized carbons (Fsp3) is 0.474. The molecule has 1 aliphatic heterocycles. The standard InChI is InChI=1S/C19H26N4O3/c24-14-15-2-4-16(5-3-15)18(26)12-17(25)13-22-8-10-23(11-9-22)19-20-6-1-7-21-19/h1-7,17-18,24-26H,8-14H2/t17-,18+/m0/s1. The third-order valence-electron chi connectivity index (χ3n) is 4.72. The molecule has 0 amide bonds. The second-order valence-corrected chi connectivity index (χ2v) is 6.64. The zero-order valence-corrected chi connectivity index (χ0v) is 14.8. The van der Waals surface area contributed by atoms with Gasteiger partial charge in [0.2, 0.25) is 5.95 Å². The van der Waals surface area contributed by atoms with Crippen LogP contribution in [0.1, 0.15) is 23.7 Å². The largest absolute Gasteiger partial charge is 0.392 e. The third-order valence-corrected chi connectivity index (χ3v) is 4.72. The molecule has 26 heavy (non-hydrogen) atoms. The Kier molecular flexibility index (Phi) is 6.51. The SMILES string of the molecule is OCc1ccc([C@H](O)C[C@H](O)CN2CCN(c3ncccn3)CC2)cc1. The second-order valence-electron chi connectivity index (χ2n) is 6.64. The summed E-state index contributed by atoms with van der Waals surface area (Å²) < 4.78 is 0. The number of rotatable bonds is 7. The number of aromatic nitrogens is 2. The van der Waals surface area contributed by atoms with Gasteiger partial charge in [-0.05, 0) is 17.2 Å². The summed E-state index contributed by atoms with van der Waals surface area (Å²) in [4.78, 5) is 12.9. The Hall–Kier alpha value is -2.06. The summed E-state index contributed by atoms with van der Waals surface area (Å²) in [5, 5.41) is 29.7. The normalized spacial score (nSPS) is 17.9. The van der Waals surface area contributed by atoms with Gasteiger partial charge in [0.1, 0.15) is 0 Å². The number of piperazine rings is 1. The molecule has 0 aliphatic carbocycles. The molecule has 2 aromatic rings. The number of anilines is 1. The van der Waals surface area contributed by atoms with Crippen molar-refractivity contribution in [2.75, 3.05) is 37.6 Å². The van der Waals surface area contributed by atoms with Gasteiger partial charge < -0.3 is 20.2 Å². The van der Waals surface area contributed by atoms with E-state index in [1.54, 1.807) is 42.7 Å². The Morgan fingerprint density at radius 2 is 1.62 bits per heavy atom. The van der Waals surface area contributed by atoms with Crippen LogP contribution in [0.5, 0.6) is 0 Å². The molecule has 3 N–H and O–H groups in total. The summed E-state index contributed by atoms with van der Waals surface area (Å²) in [7, 11) is 0. The van der Waals surface area contributed by atoms with Crippen molar-refractivity contribution in [3.63, 3.8) is 0 Å². The van der Waals surface area contributed by atoms with E-state index in [1.807, 2.05) is 0 Å². The van der Waals surface area contributed by atoms with Crippen LogP contribution in [0.2, 0.25) is 0 Å². The van der Waals surface area contributed by atoms with Gasteiger partial charge >= 0.3 is 0 Å². The minimum atomic E-state index is -0.711. The molecule has 0 radical (unpaired) electrons. The Morgan fingerprint density at radius 3 is 2.23 bits per heavy atom. The van der Waals surface area contributed by atoms with Gasteiger partial charge in [0, 0.05) is 51.5 Å². The first-order chi connectivity index (χ1) is 12.7. The van der Waals surface area contributed by atoms with Gasteiger partial charge in [0.15, 0.2) is 0 Å². The van der Waals surface area contributed by atoms with Crippen LogP contribution in [0.25, 0.3) is 0 Å². The van der Waals surface area contributed by atoms with Gasteiger partial charge in [-0.15, -0.1) is 0 Å². The van der Waals surface area contributed by atoms with Crippen LogP contribution >= 0.6 is 0 Å². The molecule has 7 heteroatoms. The molecule has 0 saturated carbocycles. The monoisotopic (exact) mass is 358 g/mol. The number of β-amino-alcohol motifs (C(OH)–C–C–N with tert-alkyl or cyclic N) is 1. The van der Waals surface area contributed by atoms with E-state index in [0.29, 0.717) is 13.0 Å². The first-order valence-corrected chi connectivity index (χ1v) is 8.96. The summed E-state index contributed by atoms with van der Waals surface area (Å²) in [6, 6.07) is 8.97. The molecule has 140 valence electrons. The molecular formula is C19H26N4O3. The van der Waals surface area contributed by atoms with Crippen LogP contribution < -0.4 is 4.90 Å². The van der Waals surface area contributed by atoms with E-state index < -0.39 is 12.2 Å². The maximum absolute atomic E-state index is 10.3. The zero-order chi connectivity index (χ0) is 18.4. The van der Waals surface area contributed by atoms with E-state index in [1.165, 1.54) is 0 Å². The summed E-state index contributed by atoms with van der Waals surface area (Å²) in [6.07, 6.45) is 2.47. The average molecular weight is 358 g/mol. The van der Waals surface area contributed by atoms with E-state index in [2.05, 4.69) is 19.8 Å². The highest BCUT2D eigenvalue weighted by Gasteiger charge is 2.22.